The Balaban J connectivity index is 2.95. The van der Waals surface area contributed by atoms with E-state index in [0.717, 1.165) is 16.0 Å². The van der Waals surface area contributed by atoms with Gasteiger partial charge in [-0.1, -0.05) is 6.07 Å². The van der Waals surface area contributed by atoms with E-state index in [1.54, 1.807) is 0 Å². The van der Waals surface area contributed by atoms with Crippen LogP contribution in [0.5, 0.6) is 0 Å². The lowest BCUT2D eigenvalue weighted by Crippen LogP contribution is -1.68. The monoisotopic (exact) mass is 151 g/mol. The molecule has 0 amide bonds. The average Bonchev–Trinajstić information content (AvgIpc) is 2.36. The third-order valence-electron chi connectivity index (χ3n) is 1.34. The molecule has 0 aliphatic carbocycles. The van der Waals surface area contributed by atoms with Crippen molar-refractivity contribution in [2.75, 3.05) is 0 Å². The zero-order valence-electron chi connectivity index (χ0n) is 5.11. The van der Waals surface area contributed by atoms with Crippen molar-refractivity contribution >= 4 is 23.7 Å². The van der Waals surface area contributed by atoms with Crippen molar-refractivity contribution in [2.45, 2.75) is 4.90 Å². The van der Waals surface area contributed by atoms with Crippen LogP contribution in [-0.2, 0) is 0 Å². The molecule has 0 bridgehead atoms. The molecule has 0 fully saturated rings. The third kappa shape index (κ3) is 0.708. The summed E-state index contributed by atoms with van der Waals surface area (Å²) in [5.74, 6) is 0. The summed E-state index contributed by atoms with van der Waals surface area (Å²) in [6.45, 7) is 0. The fourth-order valence-electron chi connectivity index (χ4n) is 0.871. The molecule has 1 aromatic heterocycles. The van der Waals surface area contributed by atoms with Crippen LogP contribution in [0.15, 0.2) is 33.9 Å². The van der Waals surface area contributed by atoms with E-state index in [1.807, 2.05) is 18.2 Å². The van der Waals surface area contributed by atoms with E-state index in [9.17, 15) is 0 Å². The van der Waals surface area contributed by atoms with Gasteiger partial charge < -0.3 is 4.42 Å². The topological polar surface area (TPSA) is 26.0 Å². The number of aromatic nitrogens is 1. The van der Waals surface area contributed by atoms with Gasteiger partial charge in [0, 0.05) is 4.90 Å². The molecule has 1 heterocycles. The lowest BCUT2D eigenvalue weighted by atomic mass is 10.3. The van der Waals surface area contributed by atoms with Crippen LogP contribution in [0.1, 0.15) is 0 Å². The summed E-state index contributed by atoms with van der Waals surface area (Å²) in [5, 5.41) is 0. The minimum Gasteiger partial charge on any atom is -0.443 e. The molecule has 2 nitrogen and oxygen atoms in total. The summed E-state index contributed by atoms with van der Waals surface area (Å²) < 4.78 is 5.04. The molecule has 0 aliphatic heterocycles. The van der Waals surface area contributed by atoms with Gasteiger partial charge in [0.25, 0.3) is 0 Å². The van der Waals surface area contributed by atoms with Gasteiger partial charge in [-0.05, 0) is 12.1 Å². The van der Waals surface area contributed by atoms with Gasteiger partial charge in [0.05, 0.1) is 0 Å². The van der Waals surface area contributed by atoms with Gasteiger partial charge in [0.1, 0.15) is 5.52 Å². The van der Waals surface area contributed by atoms with Crippen molar-refractivity contribution < 1.29 is 4.42 Å². The Kier molecular flexibility index (Phi) is 1.17. The van der Waals surface area contributed by atoms with Crippen LogP contribution in [0, 0.1) is 0 Å². The van der Waals surface area contributed by atoms with Gasteiger partial charge in [-0.15, -0.1) is 12.6 Å². The minimum absolute atomic E-state index is 0.785. The molecular weight excluding hydrogens is 146 g/mol. The van der Waals surface area contributed by atoms with Crippen LogP contribution in [0.2, 0.25) is 0 Å². The van der Waals surface area contributed by atoms with Gasteiger partial charge in [0.15, 0.2) is 12.0 Å². The van der Waals surface area contributed by atoms with Crippen LogP contribution >= 0.6 is 12.6 Å². The summed E-state index contributed by atoms with van der Waals surface area (Å²) >= 11 is 4.19. The summed E-state index contributed by atoms with van der Waals surface area (Å²) in [6, 6.07) is 5.63. The summed E-state index contributed by atoms with van der Waals surface area (Å²) in [4.78, 5) is 4.83. The maximum Gasteiger partial charge on any atom is 0.182 e. The summed E-state index contributed by atoms with van der Waals surface area (Å²) in [5.41, 5.74) is 1.61. The first-order valence-electron chi connectivity index (χ1n) is 2.89. The molecule has 0 radical (unpaired) electrons. The third-order valence-corrected chi connectivity index (χ3v) is 1.70. The second kappa shape index (κ2) is 2.02. The normalized spacial score (nSPS) is 10.5. The minimum atomic E-state index is 0.785. The quantitative estimate of drug-likeness (QED) is 0.583. The maximum absolute atomic E-state index is 5.04. The Hall–Kier alpha value is -0.960. The van der Waals surface area contributed by atoms with Gasteiger partial charge in [-0.25, -0.2) is 4.98 Å². The second-order valence-corrected chi connectivity index (χ2v) is 2.46. The molecule has 10 heavy (non-hydrogen) atoms. The van der Waals surface area contributed by atoms with E-state index >= 15 is 0 Å². The number of para-hydroxylation sites is 1. The molecule has 0 saturated heterocycles. The highest BCUT2D eigenvalue weighted by Gasteiger charge is 1.98. The second-order valence-electron chi connectivity index (χ2n) is 1.98. The SMILES string of the molecule is Sc1cccc2ocnc12. The number of hydrogen-bond donors (Lipinski definition) is 1. The Morgan fingerprint density at radius 2 is 2.30 bits per heavy atom. The number of fused-ring (bicyclic) bond motifs is 1. The molecular formula is C7H5NOS. The zero-order valence-corrected chi connectivity index (χ0v) is 6.01. The van der Waals surface area contributed by atoms with E-state index < -0.39 is 0 Å². The van der Waals surface area contributed by atoms with Crippen molar-refractivity contribution in [2.24, 2.45) is 0 Å². The van der Waals surface area contributed by atoms with Crippen molar-refractivity contribution in [3.63, 3.8) is 0 Å². The standard InChI is InChI=1S/C7H5NOS/c10-6-3-1-2-5-7(6)8-4-9-5/h1-4,10H. The van der Waals surface area contributed by atoms with E-state index in [-0.39, 0.29) is 0 Å². The molecule has 0 atom stereocenters. The van der Waals surface area contributed by atoms with Gasteiger partial charge in [-0.3, -0.25) is 0 Å². The fourth-order valence-corrected chi connectivity index (χ4v) is 1.13. The van der Waals surface area contributed by atoms with Gasteiger partial charge in [0.2, 0.25) is 0 Å². The van der Waals surface area contributed by atoms with Crippen LogP contribution in [0.3, 0.4) is 0 Å². The van der Waals surface area contributed by atoms with Crippen LogP contribution in [-0.4, -0.2) is 4.98 Å². The summed E-state index contributed by atoms with van der Waals surface area (Å²) in [7, 11) is 0. The van der Waals surface area contributed by atoms with Crippen molar-refractivity contribution in [1.29, 1.82) is 0 Å². The van der Waals surface area contributed by atoms with Crippen molar-refractivity contribution in [3.8, 4) is 0 Å². The Morgan fingerprint density at radius 3 is 3.10 bits per heavy atom. The van der Waals surface area contributed by atoms with Crippen LogP contribution < -0.4 is 0 Å². The predicted molar refractivity (Wildman–Crippen MR) is 41.3 cm³/mol. The fraction of sp³-hybridized carbons (Fsp3) is 0. The predicted octanol–water partition coefficient (Wildman–Crippen LogP) is 2.12. The molecule has 0 N–H and O–H groups in total. The van der Waals surface area contributed by atoms with Crippen LogP contribution in [0.4, 0.5) is 0 Å². The molecule has 2 aromatic rings. The first kappa shape index (κ1) is 5.80. The molecule has 2 rings (SSSR count). The highest BCUT2D eigenvalue weighted by Crippen LogP contribution is 2.18. The van der Waals surface area contributed by atoms with E-state index in [0.29, 0.717) is 0 Å². The number of rotatable bonds is 0. The molecule has 1 aromatic carbocycles. The number of oxazole rings is 1. The molecule has 0 saturated carbocycles. The Bertz CT molecular complexity index is 355. The molecule has 0 aliphatic rings. The first-order chi connectivity index (χ1) is 4.88. The van der Waals surface area contributed by atoms with Crippen molar-refractivity contribution in [3.05, 3.63) is 24.6 Å². The molecule has 50 valence electrons. The Labute approximate surface area is 63.3 Å². The number of benzene rings is 1. The lowest BCUT2D eigenvalue weighted by molar-refractivity contribution is 0.602. The number of thiol groups is 1. The number of hydrogen-bond acceptors (Lipinski definition) is 3. The molecule has 3 heteroatoms. The smallest absolute Gasteiger partial charge is 0.182 e. The maximum atomic E-state index is 5.04. The van der Waals surface area contributed by atoms with E-state index in [1.165, 1.54) is 6.39 Å². The van der Waals surface area contributed by atoms with Gasteiger partial charge >= 0.3 is 0 Å². The van der Waals surface area contributed by atoms with E-state index in [2.05, 4.69) is 17.6 Å². The van der Waals surface area contributed by atoms with E-state index in [4.69, 9.17) is 4.42 Å². The van der Waals surface area contributed by atoms with Crippen molar-refractivity contribution in [1.82, 2.24) is 4.98 Å². The number of nitrogens with zero attached hydrogens (tertiary/aromatic N) is 1. The molecule has 0 unspecified atom stereocenters. The summed E-state index contributed by atoms with van der Waals surface area (Å²) in [6.07, 6.45) is 1.42. The highest BCUT2D eigenvalue weighted by atomic mass is 32.1. The van der Waals surface area contributed by atoms with Gasteiger partial charge in [-0.2, -0.15) is 0 Å². The highest BCUT2D eigenvalue weighted by molar-refractivity contribution is 7.80. The average molecular weight is 151 g/mol. The first-order valence-corrected chi connectivity index (χ1v) is 3.34. The van der Waals surface area contributed by atoms with Crippen LogP contribution in [0.25, 0.3) is 11.1 Å². The lowest BCUT2D eigenvalue weighted by Gasteiger charge is -1.87. The Morgan fingerprint density at radius 1 is 1.40 bits per heavy atom. The zero-order chi connectivity index (χ0) is 6.97. The molecule has 0 spiro atoms. The largest absolute Gasteiger partial charge is 0.443 e.